The molecular formula is C19H24N4O2. The molecule has 1 aliphatic heterocycles. The van der Waals surface area contributed by atoms with Crippen LogP contribution >= 0.6 is 0 Å². The zero-order chi connectivity index (χ0) is 17.9. The largest absolute Gasteiger partial charge is 0.351 e. The third-order valence-electron chi connectivity index (χ3n) is 4.81. The number of H-pyrrole nitrogens is 1. The van der Waals surface area contributed by atoms with E-state index >= 15 is 0 Å². The number of nitrogens with zero attached hydrogens (tertiary/aromatic N) is 2. The SMILES string of the molecule is CC(C)(C(=O)N[C@H]1CCCN(c2ncc[nH]c2=O)C1)c1ccccc1. The summed E-state index contributed by atoms with van der Waals surface area (Å²) in [5.41, 5.74) is 0.187. The third kappa shape index (κ3) is 3.73. The van der Waals surface area contributed by atoms with Gasteiger partial charge in [-0.1, -0.05) is 30.3 Å². The first-order valence-corrected chi connectivity index (χ1v) is 8.63. The zero-order valence-corrected chi connectivity index (χ0v) is 14.7. The molecule has 0 spiro atoms. The molecule has 0 aliphatic carbocycles. The van der Waals surface area contributed by atoms with Gasteiger partial charge in [-0.25, -0.2) is 4.98 Å². The molecule has 2 aromatic rings. The molecular weight excluding hydrogens is 316 g/mol. The number of carbonyl (C=O) groups is 1. The lowest BCUT2D eigenvalue weighted by Gasteiger charge is -2.35. The Bertz CT molecular complexity index is 785. The van der Waals surface area contributed by atoms with Crippen molar-refractivity contribution in [3.8, 4) is 0 Å². The van der Waals surface area contributed by atoms with Crippen molar-refractivity contribution in [1.29, 1.82) is 0 Å². The Hall–Kier alpha value is -2.63. The number of piperidine rings is 1. The van der Waals surface area contributed by atoms with Crippen molar-refractivity contribution >= 4 is 11.7 Å². The predicted molar refractivity (Wildman–Crippen MR) is 97.7 cm³/mol. The molecule has 1 aliphatic rings. The summed E-state index contributed by atoms with van der Waals surface area (Å²) in [6, 6.07) is 9.78. The van der Waals surface area contributed by atoms with Crippen molar-refractivity contribution in [1.82, 2.24) is 15.3 Å². The van der Waals surface area contributed by atoms with E-state index in [0.717, 1.165) is 24.9 Å². The van der Waals surface area contributed by atoms with Gasteiger partial charge in [0.05, 0.1) is 5.41 Å². The molecule has 0 saturated carbocycles. The van der Waals surface area contributed by atoms with Crippen LogP contribution < -0.4 is 15.8 Å². The summed E-state index contributed by atoms with van der Waals surface area (Å²) in [7, 11) is 0. The van der Waals surface area contributed by atoms with Crippen molar-refractivity contribution in [3.05, 3.63) is 58.6 Å². The molecule has 1 aromatic carbocycles. The highest BCUT2D eigenvalue weighted by molar-refractivity contribution is 5.87. The topological polar surface area (TPSA) is 78.1 Å². The number of aromatic amines is 1. The first kappa shape index (κ1) is 17.2. The van der Waals surface area contributed by atoms with Crippen molar-refractivity contribution in [3.63, 3.8) is 0 Å². The molecule has 132 valence electrons. The zero-order valence-electron chi connectivity index (χ0n) is 14.7. The molecule has 0 radical (unpaired) electrons. The normalized spacial score (nSPS) is 18.0. The van der Waals surface area contributed by atoms with Crippen LogP contribution in [0.4, 0.5) is 5.82 Å². The van der Waals surface area contributed by atoms with Gasteiger partial charge in [-0.2, -0.15) is 0 Å². The standard InChI is InChI=1S/C19H24N4O2/c1-19(2,14-7-4-3-5-8-14)18(25)22-15-9-6-12-23(13-15)16-17(24)21-11-10-20-16/h3-5,7-8,10-11,15H,6,9,12-13H2,1-2H3,(H,21,24)(H,22,25)/t15-/m0/s1. The molecule has 1 atom stereocenters. The quantitative estimate of drug-likeness (QED) is 0.890. The van der Waals surface area contributed by atoms with Gasteiger partial charge >= 0.3 is 0 Å². The van der Waals surface area contributed by atoms with Crippen LogP contribution in [-0.2, 0) is 10.2 Å². The fourth-order valence-electron chi connectivity index (χ4n) is 3.21. The van der Waals surface area contributed by atoms with Gasteiger partial charge in [0.1, 0.15) is 0 Å². The molecule has 3 rings (SSSR count). The average molecular weight is 340 g/mol. The Morgan fingerprint density at radius 1 is 1.32 bits per heavy atom. The maximum absolute atomic E-state index is 12.8. The lowest BCUT2D eigenvalue weighted by Crippen LogP contribution is -2.52. The minimum atomic E-state index is -0.605. The summed E-state index contributed by atoms with van der Waals surface area (Å²) < 4.78 is 0. The number of amides is 1. The summed E-state index contributed by atoms with van der Waals surface area (Å²) in [4.78, 5) is 33.6. The molecule has 1 amide bonds. The minimum Gasteiger partial charge on any atom is -0.351 e. The van der Waals surface area contributed by atoms with Gasteiger partial charge in [-0.3, -0.25) is 9.59 Å². The molecule has 0 bridgehead atoms. The number of rotatable bonds is 4. The minimum absolute atomic E-state index is 0.000445. The van der Waals surface area contributed by atoms with Crippen molar-refractivity contribution < 1.29 is 4.79 Å². The molecule has 1 fully saturated rings. The maximum atomic E-state index is 12.8. The summed E-state index contributed by atoms with van der Waals surface area (Å²) >= 11 is 0. The number of hydrogen-bond acceptors (Lipinski definition) is 4. The van der Waals surface area contributed by atoms with Crippen LogP contribution in [0.1, 0.15) is 32.3 Å². The molecule has 1 aromatic heterocycles. The van der Waals surface area contributed by atoms with Gasteiger partial charge in [0, 0.05) is 31.5 Å². The lowest BCUT2D eigenvalue weighted by molar-refractivity contribution is -0.126. The Morgan fingerprint density at radius 2 is 2.08 bits per heavy atom. The van der Waals surface area contributed by atoms with Crippen LogP contribution in [0.25, 0.3) is 0 Å². The smallest absolute Gasteiger partial charge is 0.290 e. The number of carbonyl (C=O) groups excluding carboxylic acids is 1. The molecule has 6 heteroatoms. The first-order valence-electron chi connectivity index (χ1n) is 8.63. The molecule has 1 saturated heterocycles. The molecule has 2 N–H and O–H groups in total. The van der Waals surface area contributed by atoms with Gasteiger partial charge < -0.3 is 15.2 Å². The van der Waals surface area contributed by atoms with Crippen LogP contribution in [0.15, 0.2) is 47.5 Å². The van der Waals surface area contributed by atoms with Crippen molar-refractivity contribution in [2.75, 3.05) is 18.0 Å². The predicted octanol–water partition coefficient (Wildman–Crippen LogP) is 1.83. The van der Waals surface area contributed by atoms with E-state index in [2.05, 4.69) is 15.3 Å². The van der Waals surface area contributed by atoms with E-state index < -0.39 is 5.41 Å². The van der Waals surface area contributed by atoms with Crippen LogP contribution in [0.5, 0.6) is 0 Å². The van der Waals surface area contributed by atoms with Gasteiger partial charge in [0.15, 0.2) is 5.82 Å². The number of hydrogen-bond donors (Lipinski definition) is 2. The monoisotopic (exact) mass is 340 g/mol. The second kappa shape index (κ2) is 7.09. The molecule has 2 heterocycles. The van der Waals surface area contributed by atoms with Crippen LogP contribution in [0.3, 0.4) is 0 Å². The van der Waals surface area contributed by atoms with Gasteiger partial charge in [0.25, 0.3) is 5.56 Å². The average Bonchev–Trinajstić information content (AvgIpc) is 2.63. The highest BCUT2D eigenvalue weighted by atomic mass is 16.2. The van der Waals surface area contributed by atoms with Gasteiger partial charge in [-0.05, 0) is 32.3 Å². The van der Waals surface area contributed by atoms with Crippen molar-refractivity contribution in [2.45, 2.75) is 38.1 Å². The molecule has 0 unspecified atom stereocenters. The van der Waals surface area contributed by atoms with Crippen LogP contribution in [0, 0.1) is 0 Å². The van der Waals surface area contributed by atoms with Crippen molar-refractivity contribution in [2.24, 2.45) is 0 Å². The van der Waals surface area contributed by atoms with Gasteiger partial charge in [-0.15, -0.1) is 0 Å². The van der Waals surface area contributed by atoms with Gasteiger partial charge in [0.2, 0.25) is 5.91 Å². The summed E-state index contributed by atoms with van der Waals surface area (Å²) in [5, 5.41) is 3.16. The van der Waals surface area contributed by atoms with Crippen LogP contribution in [0.2, 0.25) is 0 Å². The summed E-state index contributed by atoms with van der Waals surface area (Å²) in [6.07, 6.45) is 4.92. The number of benzene rings is 1. The first-order chi connectivity index (χ1) is 12.0. The van der Waals surface area contributed by atoms with E-state index in [1.165, 1.54) is 6.20 Å². The number of nitrogens with one attached hydrogen (secondary N) is 2. The summed E-state index contributed by atoms with van der Waals surface area (Å²) in [6.45, 7) is 5.23. The Labute approximate surface area is 147 Å². The van der Waals surface area contributed by atoms with E-state index in [4.69, 9.17) is 0 Å². The third-order valence-corrected chi connectivity index (χ3v) is 4.81. The van der Waals surface area contributed by atoms with E-state index in [-0.39, 0.29) is 17.5 Å². The second-order valence-corrected chi connectivity index (χ2v) is 6.99. The van der Waals surface area contributed by atoms with E-state index in [9.17, 15) is 9.59 Å². The molecule has 6 nitrogen and oxygen atoms in total. The van der Waals surface area contributed by atoms with E-state index in [1.54, 1.807) is 6.20 Å². The molecule has 25 heavy (non-hydrogen) atoms. The Balaban J connectivity index is 1.69. The number of anilines is 1. The lowest BCUT2D eigenvalue weighted by atomic mass is 9.83. The fourth-order valence-corrected chi connectivity index (χ4v) is 3.21. The highest BCUT2D eigenvalue weighted by Crippen LogP contribution is 2.24. The maximum Gasteiger partial charge on any atom is 0.290 e. The van der Waals surface area contributed by atoms with E-state index in [1.807, 2.05) is 49.1 Å². The highest BCUT2D eigenvalue weighted by Gasteiger charge is 2.32. The van der Waals surface area contributed by atoms with E-state index in [0.29, 0.717) is 12.4 Å². The summed E-state index contributed by atoms with van der Waals surface area (Å²) in [5.74, 6) is 0.421. The Kier molecular flexibility index (Phi) is 4.88. The van der Waals surface area contributed by atoms with Crippen LogP contribution in [-0.4, -0.2) is 35.0 Å². The second-order valence-electron chi connectivity index (χ2n) is 6.99. The Morgan fingerprint density at radius 3 is 2.80 bits per heavy atom. The fraction of sp³-hybridized carbons (Fsp3) is 0.421. The number of aromatic nitrogens is 2.